The Morgan fingerprint density at radius 2 is 2.16 bits per heavy atom. The summed E-state index contributed by atoms with van der Waals surface area (Å²) in [7, 11) is 0. The highest BCUT2D eigenvalue weighted by Gasteiger charge is 2.33. The van der Waals surface area contributed by atoms with Crippen LogP contribution < -0.4 is 5.32 Å². The van der Waals surface area contributed by atoms with Crippen molar-refractivity contribution in [3.63, 3.8) is 0 Å². The van der Waals surface area contributed by atoms with Crippen molar-refractivity contribution in [3.8, 4) is 6.07 Å². The molecule has 3 nitrogen and oxygen atoms in total. The molecule has 1 heterocycles. The molecule has 3 atom stereocenters. The minimum Gasteiger partial charge on any atom is -0.377 e. The summed E-state index contributed by atoms with van der Waals surface area (Å²) < 4.78 is 5.65. The van der Waals surface area contributed by atoms with Crippen LogP contribution >= 0.6 is 0 Å². The van der Waals surface area contributed by atoms with Gasteiger partial charge in [0.05, 0.1) is 12.2 Å². The van der Waals surface area contributed by atoms with E-state index in [4.69, 9.17) is 4.74 Å². The first kappa shape index (κ1) is 14.8. The predicted octanol–water partition coefficient (Wildman–Crippen LogP) is 3.40. The topological polar surface area (TPSA) is 45.0 Å². The molecule has 2 rings (SSSR count). The molecule has 0 spiro atoms. The number of ether oxygens (including phenoxy) is 1. The van der Waals surface area contributed by atoms with E-state index in [1.54, 1.807) is 0 Å². The van der Waals surface area contributed by atoms with Crippen LogP contribution in [0.15, 0.2) is 0 Å². The van der Waals surface area contributed by atoms with Crippen molar-refractivity contribution in [1.82, 2.24) is 5.32 Å². The average molecular weight is 264 g/mol. The Bertz CT molecular complexity index is 306. The van der Waals surface area contributed by atoms with Crippen molar-refractivity contribution < 1.29 is 4.74 Å². The van der Waals surface area contributed by atoms with Crippen LogP contribution in [-0.4, -0.2) is 24.8 Å². The highest BCUT2D eigenvalue weighted by Crippen LogP contribution is 2.32. The monoisotopic (exact) mass is 264 g/mol. The maximum absolute atomic E-state index is 9.60. The van der Waals surface area contributed by atoms with Gasteiger partial charge in [0.15, 0.2) is 0 Å². The number of nitrogens with zero attached hydrogens (tertiary/aromatic N) is 1. The number of rotatable bonds is 5. The minimum atomic E-state index is -0.283. The second-order valence-corrected chi connectivity index (χ2v) is 6.30. The minimum absolute atomic E-state index is 0.283. The summed E-state index contributed by atoms with van der Waals surface area (Å²) in [5, 5.41) is 13.1. The molecule has 19 heavy (non-hydrogen) atoms. The molecule has 3 unspecified atom stereocenters. The molecule has 0 amide bonds. The third-order valence-corrected chi connectivity index (χ3v) is 4.80. The second-order valence-electron chi connectivity index (χ2n) is 6.30. The van der Waals surface area contributed by atoms with E-state index in [1.165, 1.54) is 38.5 Å². The summed E-state index contributed by atoms with van der Waals surface area (Å²) in [6.45, 7) is 4.01. The van der Waals surface area contributed by atoms with Crippen molar-refractivity contribution in [1.29, 1.82) is 5.26 Å². The van der Waals surface area contributed by atoms with Crippen LogP contribution in [-0.2, 0) is 4.74 Å². The fourth-order valence-electron chi connectivity index (χ4n) is 3.55. The molecular weight excluding hydrogens is 236 g/mol. The Morgan fingerprint density at radius 1 is 1.26 bits per heavy atom. The van der Waals surface area contributed by atoms with Crippen molar-refractivity contribution in [2.24, 2.45) is 5.92 Å². The molecule has 1 N–H and O–H groups in total. The first-order chi connectivity index (χ1) is 9.28. The van der Waals surface area contributed by atoms with E-state index in [1.807, 2.05) is 0 Å². The van der Waals surface area contributed by atoms with E-state index < -0.39 is 0 Å². The van der Waals surface area contributed by atoms with Crippen LogP contribution in [0.3, 0.4) is 0 Å². The molecule has 0 aromatic rings. The molecule has 1 saturated carbocycles. The van der Waals surface area contributed by atoms with Gasteiger partial charge in [0.2, 0.25) is 0 Å². The highest BCUT2D eigenvalue weighted by molar-refractivity contribution is 5.08. The Morgan fingerprint density at radius 3 is 2.84 bits per heavy atom. The molecule has 0 radical (unpaired) electrons. The summed E-state index contributed by atoms with van der Waals surface area (Å²) in [4.78, 5) is 0. The summed E-state index contributed by atoms with van der Waals surface area (Å²) in [6, 6.07) is 2.58. The van der Waals surface area contributed by atoms with Gasteiger partial charge in [0, 0.05) is 13.2 Å². The van der Waals surface area contributed by atoms with Gasteiger partial charge in [-0.3, -0.25) is 5.32 Å². The van der Waals surface area contributed by atoms with Gasteiger partial charge in [-0.05, 0) is 38.0 Å². The van der Waals surface area contributed by atoms with E-state index in [0.717, 1.165) is 38.3 Å². The Labute approximate surface area is 117 Å². The van der Waals surface area contributed by atoms with Crippen molar-refractivity contribution in [3.05, 3.63) is 0 Å². The van der Waals surface area contributed by atoms with Crippen LogP contribution in [0.5, 0.6) is 0 Å². The van der Waals surface area contributed by atoms with Gasteiger partial charge in [0.1, 0.15) is 5.54 Å². The number of nitriles is 1. The zero-order chi connectivity index (χ0) is 13.6. The van der Waals surface area contributed by atoms with Crippen molar-refractivity contribution >= 4 is 0 Å². The molecule has 2 fully saturated rings. The van der Waals surface area contributed by atoms with E-state index >= 15 is 0 Å². The SMILES string of the molecule is CCCC1CCCC(C#N)(NCC2CCCO2)CC1. The Kier molecular flexibility index (Phi) is 5.66. The zero-order valence-corrected chi connectivity index (χ0v) is 12.3. The van der Waals surface area contributed by atoms with Gasteiger partial charge in [-0.25, -0.2) is 0 Å². The van der Waals surface area contributed by atoms with Crippen LogP contribution in [0.25, 0.3) is 0 Å². The Hall–Kier alpha value is -0.590. The molecule has 0 aromatic carbocycles. The summed E-state index contributed by atoms with van der Waals surface area (Å²) in [5.74, 6) is 0.838. The van der Waals surface area contributed by atoms with Crippen LogP contribution in [0, 0.1) is 17.2 Å². The quantitative estimate of drug-likeness (QED) is 0.774. The molecule has 108 valence electrons. The molecule has 2 aliphatic rings. The maximum atomic E-state index is 9.60. The number of nitrogens with one attached hydrogen (secondary N) is 1. The van der Waals surface area contributed by atoms with Gasteiger partial charge in [-0.15, -0.1) is 0 Å². The van der Waals surface area contributed by atoms with Gasteiger partial charge in [-0.2, -0.15) is 5.26 Å². The first-order valence-corrected chi connectivity index (χ1v) is 8.06. The van der Waals surface area contributed by atoms with E-state index in [-0.39, 0.29) is 5.54 Å². The lowest BCUT2D eigenvalue weighted by atomic mass is 9.90. The summed E-state index contributed by atoms with van der Waals surface area (Å²) in [5.41, 5.74) is -0.283. The van der Waals surface area contributed by atoms with Crippen molar-refractivity contribution in [2.45, 2.75) is 76.4 Å². The molecule has 1 aliphatic heterocycles. The zero-order valence-electron chi connectivity index (χ0n) is 12.3. The van der Waals surface area contributed by atoms with Gasteiger partial charge in [0.25, 0.3) is 0 Å². The lowest BCUT2D eigenvalue weighted by Gasteiger charge is -2.28. The van der Waals surface area contributed by atoms with Crippen LogP contribution in [0.4, 0.5) is 0 Å². The van der Waals surface area contributed by atoms with Gasteiger partial charge < -0.3 is 4.74 Å². The standard InChI is InChI=1S/C16H28N2O/c1-2-5-14-6-3-9-16(13-17,10-8-14)18-12-15-7-4-11-19-15/h14-15,18H,2-12H2,1H3. The van der Waals surface area contributed by atoms with Crippen molar-refractivity contribution in [2.75, 3.05) is 13.2 Å². The number of hydrogen-bond acceptors (Lipinski definition) is 3. The van der Waals surface area contributed by atoms with Gasteiger partial charge in [-0.1, -0.05) is 32.6 Å². The predicted molar refractivity (Wildman–Crippen MR) is 76.8 cm³/mol. The lowest BCUT2D eigenvalue weighted by Crippen LogP contribution is -2.46. The average Bonchev–Trinajstić information content (AvgIpc) is 2.87. The first-order valence-electron chi connectivity index (χ1n) is 8.06. The molecule has 1 aliphatic carbocycles. The summed E-state index contributed by atoms with van der Waals surface area (Å²) >= 11 is 0. The third-order valence-electron chi connectivity index (χ3n) is 4.80. The maximum Gasteiger partial charge on any atom is 0.106 e. The normalized spacial score (nSPS) is 35.8. The lowest BCUT2D eigenvalue weighted by molar-refractivity contribution is 0.103. The van der Waals surface area contributed by atoms with Gasteiger partial charge >= 0.3 is 0 Å². The molecule has 3 heteroatoms. The molecule has 0 bridgehead atoms. The fraction of sp³-hybridized carbons (Fsp3) is 0.938. The van der Waals surface area contributed by atoms with Crippen LogP contribution in [0.2, 0.25) is 0 Å². The third kappa shape index (κ3) is 4.19. The Balaban J connectivity index is 1.84. The van der Waals surface area contributed by atoms with Crippen LogP contribution in [0.1, 0.15) is 64.7 Å². The van der Waals surface area contributed by atoms with E-state index in [0.29, 0.717) is 6.10 Å². The smallest absolute Gasteiger partial charge is 0.106 e. The van der Waals surface area contributed by atoms with E-state index in [9.17, 15) is 5.26 Å². The molecular formula is C16H28N2O. The highest BCUT2D eigenvalue weighted by atomic mass is 16.5. The fourth-order valence-corrected chi connectivity index (χ4v) is 3.55. The van der Waals surface area contributed by atoms with E-state index in [2.05, 4.69) is 18.3 Å². The second kappa shape index (κ2) is 7.26. The molecule has 1 saturated heterocycles. The summed E-state index contributed by atoms with van der Waals surface area (Å²) in [6.07, 6.45) is 11.0. The largest absolute Gasteiger partial charge is 0.377 e. The molecule has 0 aromatic heterocycles. The number of hydrogen-bond donors (Lipinski definition) is 1.